The van der Waals surface area contributed by atoms with E-state index in [0.29, 0.717) is 5.01 Å². The van der Waals surface area contributed by atoms with Gasteiger partial charge in [0.15, 0.2) is 0 Å². The molecule has 0 aliphatic rings. The van der Waals surface area contributed by atoms with Crippen LogP contribution in [0.15, 0.2) is 16.7 Å². The van der Waals surface area contributed by atoms with Crippen molar-refractivity contribution < 1.29 is 10.2 Å². The maximum atomic E-state index is 9.42. The number of hydrogen-bond donors (Lipinski definition) is 2. The molecule has 0 saturated heterocycles. The number of hydrogen-bond acceptors (Lipinski definition) is 5. The zero-order chi connectivity index (χ0) is 9.68. The predicted molar refractivity (Wildman–Crippen MR) is 47.1 cm³/mol. The van der Waals surface area contributed by atoms with E-state index in [1.54, 1.807) is 5.38 Å². The Morgan fingerprint density at radius 1 is 1.69 bits per heavy atom. The Morgan fingerprint density at radius 2 is 2.46 bits per heavy atom. The van der Waals surface area contributed by atoms with E-state index in [-0.39, 0.29) is 6.54 Å². The molecule has 0 fully saturated rings. The first kappa shape index (κ1) is 9.94. The third-order valence-electron chi connectivity index (χ3n) is 1.40. The van der Waals surface area contributed by atoms with E-state index < -0.39 is 12.2 Å². The van der Waals surface area contributed by atoms with Crippen molar-refractivity contribution in [3.63, 3.8) is 0 Å². The van der Waals surface area contributed by atoms with Crippen molar-refractivity contribution in [2.45, 2.75) is 12.2 Å². The van der Waals surface area contributed by atoms with Gasteiger partial charge in [-0.25, -0.2) is 4.98 Å². The molecular formula is C6H8N4O2S. The molecule has 0 radical (unpaired) electrons. The zero-order valence-corrected chi connectivity index (χ0v) is 7.42. The third-order valence-corrected chi connectivity index (χ3v) is 2.25. The summed E-state index contributed by atoms with van der Waals surface area (Å²) in [6.07, 6.45) is -0.642. The molecule has 0 aromatic carbocycles. The number of thiazole rings is 1. The molecule has 2 unspecified atom stereocenters. The summed E-state index contributed by atoms with van der Waals surface area (Å²) in [7, 11) is 0. The Labute approximate surface area is 78.1 Å². The first-order valence-electron chi connectivity index (χ1n) is 3.52. The van der Waals surface area contributed by atoms with Crippen molar-refractivity contribution in [2.75, 3.05) is 6.54 Å². The summed E-state index contributed by atoms with van der Waals surface area (Å²) in [5, 5.41) is 24.0. The topological polar surface area (TPSA) is 102 Å². The number of aromatic nitrogens is 1. The zero-order valence-electron chi connectivity index (χ0n) is 6.61. The molecule has 1 aromatic heterocycles. The van der Waals surface area contributed by atoms with Crippen LogP contribution in [0.1, 0.15) is 11.1 Å². The summed E-state index contributed by atoms with van der Waals surface area (Å²) in [5.74, 6) is 0. The molecule has 0 spiro atoms. The number of rotatable bonds is 4. The van der Waals surface area contributed by atoms with E-state index in [9.17, 15) is 10.2 Å². The second kappa shape index (κ2) is 4.78. The second-order valence-electron chi connectivity index (χ2n) is 2.30. The molecule has 0 saturated carbocycles. The fourth-order valence-electron chi connectivity index (χ4n) is 0.765. The van der Waals surface area contributed by atoms with Gasteiger partial charge in [-0.05, 0) is 5.53 Å². The predicted octanol–water partition coefficient (Wildman–Crippen LogP) is 0.848. The van der Waals surface area contributed by atoms with Gasteiger partial charge in [-0.15, -0.1) is 11.3 Å². The lowest BCUT2D eigenvalue weighted by atomic mass is 10.2. The minimum atomic E-state index is -1.10. The number of aliphatic hydroxyl groups excluding tert-OH is 2. The van der Waals surface area contributed by atoms with Crippen molar-refractivity contribution in [2.24, 2.45) is 5.11 Å². The average molecular weight is 200 g/mol. The molecule has 2 N–H and O–H groups in total. The van der Waals surface area contributed by atoms with Crippen molar-refractivity contribution in [3.8, 4) is 0 Å². The van der Waals surface area contributed by atoms with Gasteiger partial charge in [0.2, 0.25) is 0 Å². The minimum absolute atomic E-state index is 0.156. The lowest BCUT2D eigenvalue weighted by molar-refractivity contribution is 0.0243. The van der Waals surface area contributed by atoms with Crippen LogP contribution in [0, 0.1) is 0 Å². The van der Waals surface area contributed by atoms with Crippen molar-refractivity contribution >= 4 is 11.3 Å². The van der Waals surface area contributed by atoms with Gasteiger partial charge in [0.05, 0.1) is 12.6 Å². The Hall–Kier alpha value is -1.14. The molecule has 0 amide bonds. The van der Waals surface area contributed by atoms with Crippen LogP contribution in [0.25, 0.3) is 10.4 Å². The van der Waals surface area contributed by atoms with Gasteiger partial charge in [0, 0.05) is 16.5 Å². The van der Waals surface area contributed by atoms with Gasteiger partial charge < -0.3 is 10.2 Å². The van der Waals surface area contributed by atoms with Gasteiger partial charge in [-0.3, -0.25) is 0 Å². The summed E-state index contributed by atoms with van der Waals surface area (Å²) in [5.41, 5.74) is 7.98. The number of nitrogens with zero attached hydrogens (tertiary/aromatic N) is 4. The number of aliphatic hydroxyl groups is 2. The van der Waals surface area contributed by atoms with E-state index >= 15 is 0 Å². The molecule has 1 heterocycles. The molecule has 70 valence electrons. The first-order valence-corrected chi connectivity index (χ1v) is 4.40. The summed E-state index contributed by atoms with van der Waals surface area (Å²) in [6, 6.07) is 0. The highest BCUT2D eigenvalue weighted by Gasteiger charge is 2.19. The molecule has 0 aliphatic carbocycles. The van der Waals surface area contributed by atoms with Crippen LogP contribution in [0.2, 0.25) is 0 Å². The highest BCUT2D eigenvalue weighted by Crippen LogP contribution is 2.18. The van der Waals surface area contributed by atoms with Crippen molar-refractivity contribution in [1.82, 2.24) is 4.98 Å². The van der Waals surface area contributed by atoms with Crippen LogP contribution < -0.4 is 0 Å². The maximum absolute atomic E-state index is 9.42. The van der Waals surface area contributed by atoms with E-state index in [0.717, 1.165) is 0 Å². The monoisotopic (exact) mass is 200 g/mol. The highest BCUT2D eigenvalue weighted by molar-refractivity contribution is 7.09. The van der Waals surface area contributed by atoms with Gasteiger partial charge in [-0.1, -0.05) is 5.11 Å². The van der Waals surface area contributed by atoms with Gasteiger partial charge >= 0.3 is 0 Å². The Balaban J connectivity index is 2.57. The lowest BCUT2D eigenvalue weighted by Gasteiger charge is -2.12. The van der Waals surface area contributed by atoms with Crippen LogP contribution >= 0.6 is 11.3 Å². The summed E-state index contributed by atoms with van der Waals surface area (Å²) < 4.78 is 0. The minimum Gasteiger partial charge on any atom is -0.390 e. The highest BCUT2D eigenvalue weighted by atomic mass is 32.1. The van der Waals surface area contributed by atoms with Gasteiger partial charge in [0.25, 0.3) is 0 Å². The third kappa shape index (κ3) is 2.67. The van der Waals surface area contributed by atoms with Gasteiger partial charge in [-0.2, -0.15) is 0 Å². The van der Waals surface area contributed by atoms with Crippen LogP contribution in [-0.2, 0) is 0 Å². The van der Waals surface area contributed by atoms with E-state index in [2.05, 4.69) is 15.0 Å². The fraction of sp³-hybridized carbons (Fsp3) is 0.500. The van der Waals surface area contributed by atoms with Gasteiger partial charge in [0.1, 0.15) is 11.1 Å². The molecule has 13 heavy (non-hydrogen) atoms. The molecule has 0 bridgehead atoms. The van der Waals surface area contributed by atoms with Crippen molar-refractivity contribution in [3.05, 3.63) is 27.0 Å². The largest absolute Gasteiger partial charge is 0.390 e. The smallest absolute Gasteiger partial charge is 0.131 e. The summed E-state index contributed by atoms with van der Waals surface area (Å²) >= 11 is 1.24. The van der Waals surface area contributed by atoms with E-state index in [1.807, 2.05) is 0 Å². The maximum Gasteiger partial charge on any atom is 0.131 e. The molecule has 7 heteroatoms. The molecule has 6 nitrogen and oxygen atoms in total. The van der Waals surface area contributed by atoms with Crippen LogP contribution in [0.4, 0.5) is 0 Å². The van der Waals surface area contributed by atoms with Crippen LogP contribution in [-0.4, -0.2) is 27.8 Å². The molecular weight excluding hydrogens is 192 g/mol. The average Bonchev–Trinajstić information content (AvgIpc) is 2.65. The molecule has 2 atom stereocenters. The molecule has 1 rings (SSSR count). The summed E-state index contributed by atoms with van der Waals surface area (Å²) in [6.45, 7) is -0.156. The van der Waals surface area contributed by atoms with Crippen molar-refractivity contribution in [1.29, 1.82) is 0 Å². The van der Waals surface area contributed by atoms with E-state index in [4.69, 9.17) is 5.53 Å². The Morgan fingerprint density at radius 3 is 3.00 bits per heavy atom. The Bertz CT molecular complexity index is 296. The quantitative estimate of drug-likeness (QED) is 0.427. The van der Waals surface area contributed by atoms with E-state index in [1.165, 1.54) is 17.5 Å². The Kier molecular flexibility index (Phi) is 3.66. The van der Waals surface area contributed by atoms with Crippen LogP contribution in [0.5, 0.6) is 0 Å². The second-order valence-corrected chi connectivity index (χ2v) is 3.22. The fourth-order valence-corrected chi connectivity index (χ4v) is 1.44. The first-order chi connectivity index (χ1) is 6.25. The normalized spacial score (nSPS) is 14.6. The van der Waals surface area contributed by atoms with Crippen LogP contribution in [0.3, 0.4) is 0 Å². The standard InChI is InChI=1S/C6H8N4O2S/c7-10-9-3-4(11)5(12)6-8-1-2-13-6/h1-2,4-5,11-12H,3H2. The number of azide groups is 1. The lowest BCUT2D eigenvalue weighted by Crippen LogP contribution is -2.20. The SMILES string of the molecule is [N-]=[N+]=NCC(O)C(O)c1nccs1. The molecule has 1 aromatic rings. The molecule has 0 aliphatic heterocycles. The summed E-state index contributed by atoms with van der Waals surface area (Å²) in [4.78, 5) is 6.30.